The van der Waals surface area contributed by atoms with Crippen molar-refractivity contribution >= 4 is 17.5 Å². The molecule has 3 aromatic carbocycles. The number of amides is 2. The monoisotopic (exact) mass is 411 g/mol. The number of carbonyl (C=O) groups is 2. The Morgan fingerprint density at radius 3 is 2.23 bits per heavy atom. The summed E-state index contributed by atoms with van der Waals surface area (Å²) < 4.78 is 6.16. The molecule has 2 aliphatic rings. The average molecular weight is 412 g/mol. The standard InChI is InChI=1S/C27H25NO3/c1-18-11-16-23-24(17-18)27(30)28(26(23)29)20-12-14-21(15-13-20)31-25-10-6-5-9-22(25)19-7-3-2-4-8-19/h2-10,12-15,18,23-24H,11,16-17H2,1H3/t18-,23-,24-/m1/s1. The number of imide groups is 1. The van der Waals surface area contributed by atoms with E-state index in [0.717, 1.165) is 36.1 Å². The molecule has 0 spiro atoms. The van der Waals surface area contributed by atoms with E-state index in [1.807, 2.05) is 54.6 Å². The first kappa shape index (κ1) is 19.6. The molecule has 4 nitrogen and oxygen atoms in total. The summed E-state index contributed by atoms with van der Waals surface area (Å²) in [4.78, 5) is 27.2. The van der Waals surface area contributed by atoms with Crippen molar-refractivity contribution in [3.05, 3.63) is 78.9 Å². The fourth-order valence-corrected chi connectivity index (χ4v) is 4.85. The third-order valence-electron chi connectivity index (χ3n) is 6.48. The van der Waals surface area contributed by atoms with Crippen LogP contribution in [0.1, 0.15) is 26.2 Å². The number of hydrogen-bond acceptors (Lipinski definition) is 3. The Morgan fingerprint density at radius 2 is 1.45 bits per heavy atom. The summed E-state index contributed by atoms with van der Waals surface area (Å²) in [5.74, 6) is 1.50. The second-order valence-corrected chi connectivity index (χ2v) is 8.60. The Hall–Kier alpha value is -3.40. The van der Waals surface area contributed by atoms with Crippen molar-refractivity contribution in [1.29, 1.82) is 0 Å². The van der Waals surface area contributed by atoms with Gasteiger partial charge in [-0.1, -0.05) is 55.5 Å². The number of fused-ring (bicyclic) bond motifs is 1. The van der Waals surface area contributed by atoms with Crippen molar-refractivity contribution in [3.63, 3.8) is 0 Å². The van der Waals surface area contributed by atoms with Gasteiger partial charge in [0.2, 0.25) is 11.8 Å². The van der Waals surface area contributed by atoms with Crippen molar-refractivity contribution in [1.82, 2.24) is 0 Å². The zero-order valence-electron chi connectivity index (χ0n) is 17.5. The molecule has 156 valence electrons. The third kappa shape index (κ3) is 3.63. The van der Waals surface area contributed by atoms with E-state index < -0.39 is 0 Å². The number of para-hydroxylation sites is 1. The number of ether oxygens (including phenoxy) is 1. The van der Waals surface area contributed by atoms with Crippen molar-refractivity contribution in [2.45, 2.75) is 26.2 Å². The van der Waals surface area contributed by atoms with Crippen LogP contribution in [0.4, 0.5) is 5.69 Å². The van der Waals surface area contributed by atoms with Gasteiger partial charge < -0.3 is 4.74 Å². The maximum Gasteiger partial charge on any atom is 0.237 e. The highest BCUT2D eigenvalue weighted by Crippen LogP contribution is 2.42. The highest BCUT2D eigenvalue weighted by atomic mass is 16.5. The van der Waals surface area contributed by atoms with Crippen LogP contribution >= 0.6 is 0 Å². The fourth-order valence-electron chi connectivity index (χ4n) is 4.85. The largest absolute Gasteiger partial charge is 0.457 e. The Balaban J connectivity index is 1.37. The van der Waals surface area contributed by atoms with Crippen LogP contribution in [0.5, 0.6) is 11.5 Å². The van der Waals surface area contributed by atoms with Crippen LogP contribution in [-0.4, -0.2) is 11.8 Å². The first-order chi connectivity index (χ1) is 15.1. The van der Waals surface area contributed by atoms with Crippen LogP contribution in [0, 0.1) is 17.8 Å². The molecule has 1 aliphatic heterocycles. The topological polar surface area (TPSA) is 46.6 Å². The highest BCUT2D eigenvalue weighted by molar-refractivity contribution is 6.22. The van der Waals surface area contributed by atoms with Crippen LogP contribution in [0.25, 0.3) is 11.1 Å². The van der Waals surface area contributed by atoms with Crippen LogP contribution in [0.3, 0.4) is 0 Å². The van der Waals surface area contributed by atoms with Crippen LogP contribution < -0.4 is 9.64 Å². The van der Waals surface area contributed by atoms with Gasteiger partial charge in [0.1, 0.15) is 11.5 Å². The van der Waals surface area contributed by atoms with Gasteiger partial charge in [0.05, 0.1) is 17.5 Å². The second kappa shape index (κ2) is 8.03. The molecular formula is C27H25NO3. The van der Waals surface area contributed by atoms with Gasteiger partial charge in [-0.15, -0.1) is 0 Å². The lowest BCUT2D eigenvalue weighted by molar-refractivity contribution is -0.122. The summed E-state index contributed by atoms with van der Waals surface area (Å²) >= 11 is 0. The maximum absolute atomic E-state index is 12.9. The number of nitrogens with zero attached hydrogens (tertiary/aromatic N) is 1. The molecule has 5 rings (SSSR count). The van der Waals surface area contributed by atoms with E-state index >= 15 is 0 Å². The summed E-state index contributed by atoms with van der Waals surface area (Å²) in [7, 11) is 0. The first-order valence-electron chi connectivity index (χ1n) is 10.9. The summed E-state index contributed by atoms with van der Waals surface area (Å²) in [6, 6.07) is 25.3. The van der Waals surface area contributed by atoms with E-state index in [-0.39, 0.29) is 23.7 Å². The zero-order valence-corrected chi connectivity index (χ0v) is 17.5. The molecule has 1 heterocycles. The maximum atomic E-state index is 12.9. The smallest absolute Gasteiger partial charge is 0.237 e. The van der Waals surface area contributed by atoms with E-state index in [9.17, 15) is 9.59 Å². The van der Waals surface area contributed by atoms with Gasteiger partial charge in [0.25, 0.3) is 0 Å². The highest BCUT2D eigenvalue weighted by Gasteiger charge is 2.49. The van der Waals surface area contributed by atoms with Crippen molar-refractivity contribution in [3.8, 4) is 22.6 Å². The van der Waals surface area contributed by atoms with Crippen molar-refractivity contribution in [2.75, 3.05) is 4.90 Å². The number of benzene rings is 3. The van der Waals surface area contributed by atoms with E-state index in [2.05, 4.69) is 19.1 Å². The third-order valence-corrected chi connectivity index (χ3v) is 6.48. The second-order valence-electron chi connectivity index (χ2n) is 8.60. The summed E-state index contributed by atoms with van der Waals surface area (Å²) in [6.07, 6.45) is 2.63. The molecule has 2 fully saturated rings. The fraction of sp³-hybridized carbons (Fsp3) is 0.259. The van der Waals surface area contributed by atoms with E-state index in [0.29, 0.717) is 17.4 Å². The average Bonchev–Trinajstić information content (AvgIpc) is 3.05. The quantitative estimate of drug-likeness (QED) is 0.490. The van der Waals surface area contributed by atoms with Crippen LogP contribution in [-0.2, 0) is 9.59 Å². The molecule has 2 amide bonds. The molecule has 3 aromatic rings. The molecule has 1 aliphatic carbocycles. The zero-order chi connectivity index (χ0) is 21.4. The predicted molar refractivity (Wildman–Crippen MR) is 121 cm³/mol. The van der Waals surface area contributed by atoms with E-state index in [1.165, 1.54) is 4.90 Å². The molecule has 0 aromatic heterocycles. The van der Waals surface area contributed by atoms with Crippen molar-refractivity contribution in [2.24, 2.45) is 17.8 Å². The summed E-state index contributed by atoms with van der Waals surface area (Å²) in [5.41, 5.74) is 2.72. The Kier molecular flexibility index (Phi) is 5.06. The lowest BCUT2D eigenvalue weighted by Gasteiger charge is -2.25. The molecule has 0 N–H and O–H groups in total. The Bertz CT molecular complexity index is 1110. The van der Waals surface area contributed by atoms with Gasteiger partial charge in [-0.05, 0) is 61.1 Å². The molecule has 1 saturated heterocycles. The van der Waals surface area contributed by atoms with Crippen molar-refractivity contribution < 1.29 is 14.3 Å². The molecule has 1 saturated carbocycles. The number of anilines is 1. The Labute approximate surface area is 182 Å². The molecule has 0 radical (unpaired) electrons. The first-order valence-corrected chi connectivity index (χ1v) is 10.9. The lowest BCUT2D eigenvalue weighted by atomic mass is 9.76. The van der Waals surface area contributed by atoms with Gasteiger partial charge in [-0.2, -0.15) is 0 Å². The summed E-state index contributed by atoms with van der Waals surface area (Å²) in [5, 5.41) is 0. The lowest BCUT2D eigenvalue weighted by Crippen LogP contribution is -2.30. The molecule has 31 heavy (non-hydrogen) atoms. The number of carbonyl (C=O) groups excluding carboxylic acids is 2. The van der Waals surface area contributed by atoms with Gasteiger partial charge in [0, 0.05) is 5.56 Å². The van der Waals surface area contributed by atoms with Crippen LogP contribution in [0.15, 0.2) is 78.9 Å². The molecular weight excluding hydrogens is 386 g/mol. The van der Waals surface area contributed by atoms with E-state index in [4.69, 9.17) is 4.74 Å². The Morgan fingerprint density at radius 1 is 0.774 bits per heavy atom. The predicted octanol–water partition coefficient (Wildman–Crippen LogP) is 6.07. The van der Waals surface area contributed by atoms with Gasteiger partial charge in [0.15, 0.2) is 0 Å². The summed E-state index contributed by atoms with van der Waals surface area (Å²) in [6.45, 7) is 2.16. The normalized spacial score (nSPS) is 23.0. The van der Waals surface area contributed by atoms with Crippen LogP contribution in [0.2, 0.25) is 0 Å². The minimum Gasteiger partial charge on any atom is -0.457 e. The molecule has 0 bridgehead atoms. The minimum atomic E-state index is -0.162. The number of rotatable bonds is 4. The SMILES string of the molecule is C[C@@H]1CC[C@H]2C(=O)N(c3ccc(Oc4ccccc4-c4ccccc4)cc3)C(=O)[C@@H]2C1. The van der Waals surface area contributed by atoms with Gasteiger partial charge in [-0.25, -0.2) is 0 Å². The van der Waals surface area contributed by atoms with Gasteiger partial charge >= 0.3 is 0 Å². The minimum absolute atomic E-state index is 0.0509. The molecule has 3 atom stereocenters. The van der Waals surface area contributed by atoms with Gasteiger partial charge in [-0.3, -0.25) is 14.5 Å². The molecule has 0 unspecified atom stereocenters. The number of hydrogen-bond donors (Lipinski definition) is 0. The van der Waals surface area contributed by atoms with E-state index in [1.54, 1.807) is 12.1 Å². The molecule has 4 heteroatoms.